The Balaban J connectivity index is 2.72. The zero-order valence-corrected chi connectivity index (χ0v) is 9.87. The van der Waals surface area contributed by atoms with Gasteiger partial charge in [0.15, 0.2) is 9.84 Å². The molecule has 0 spiro atoms. The summed E-state index contributed by atoms with van der Waals surface area (Å²) in [4.78, 5) is 0. The van der Waals surface area contributed by atoms with Gasteiger partial charge in [-0.15, -0.1) is 0 Å². The van der Waals surface area contributed by atoms with E-state index in [4.69, 9.17) is 5.73 Å². The van der Waals surface area contributed by atoms with Crippen LogP contribution in [0.25, 0.3) is 0 Å². The quantitative estimate of drug-likeness (QED) is 0.778. The summed E-state index contributed by atoms with van der Waals surface area (Å²) >= 11 is 0. The van der Waals surface area contributed by atoms with Crippen molar-refractivity contribution in [3.63, 3.8) is 0 Å². The molecule has 0 bridgehead atoms. The van der Waals surface area contributed by atoms with Crippen molar-refractivity contribution in [2.45, 2.75) is 24.3 Å². The summed E-state index contributed by atoms with van der Waals surface area (Å²) in [5.74, 6) is 0.0437. The molecule has 1 unspecified atom stereocenters. The Hall–Kier alpha value is -0.880. The molecule has 1 aromatic heterocycles. The second kappa shape index (κ2) is 4.76. The fourth-order valence-corrected chi connectivity index (χ4v) is 2.73. The van der Waals surface area contributed by atoms with Gasteiger partial charge in [-0.1, -0.05) is 0 Å². The maximum absolute atomic E-state index is 11.8. The second-order valence-corrected chi connectivity index (χ2v) is 6.14. The minimum Gasteiger partial charge on any atom is -0.330 e. The van der Waals surface area contributed by atoms with Gasteiger partial charge >= 0.3 is 0 Å². The zero-order valence-electron chi connectivity index (χ0n) is 9.05. The van der Waals surface area contributed by atoms with Crippen LogP contribution in [0, 0.1) is 0 Å². The van der Waals surface area contributed by atoms with E-state index >= 15 is 0 Å². The number of hydrogen-bond donors (Lipinski definition) is 1. The van der Waals surface area contributed by atoms with E-state index < -0.39 is 9.84 Å². The Morgan fingerprint density at radius 2 is 2.27 bits per heavy atom. The van der Waals surface area contributed by atoms with Gasteiger partial charge in [0, 0.05) is 18.8 Å². The highest BCUT2D eigenvalue weighted by atomic mass is 32.2. The van der Waals surface area contributed by atoms with Crippen LogP contribution in [0.4, 0.5) is 0 Å². The number of hydrogen-bond acceptors (Lipinski definition) is 4. The molecule has 0 saturated heterocycles. The van der Waals surface area contributed by atoms with E-state index in [1.165, 1.54) is 0 Å². The van der Waals surface area contributed by atoms with Crippen LogP contribution >= 0.6 is 0 Å². The van der Waals surface area contributed by atoms with Crippen molar-refractivity contribution in [3.8, 4) is 0 Å². The normalized spacial score (nSPS) is 14.1. The molecule has 0 aliphatic heterocycles. The molecule has 0 saturated carbocycles. The topological polar surface area (TPSA) is 78.0 Å². The van der Waals surface area contributed by atoms with E-state index in [2.05, 4.69) is 5.10 Å². The van der Waals surface area contributed by atoms with Gasteiger partial charge < -0.3 is 5.73 Å². The molecule has 0 aliphatic rings. The van der Waals surface area contributed by atoms with Crippen LogP contribution in [0.1, 0.15) is 18.9 Å². The molecule has 0 amide bonds. The number of rotatable bonds is 5. The smallest absolute Gasteiger partial charge is 0.157 e. The molecule has 1 atom stereocenters. The lowest BCUT2D eigenvalue weighted by Crippen LogP contribution is -2.22. The number of aromatic nitrogens is 2. The van der Waals surface area contributed by atoms with Crippen LogP contribution in [-0.2, 0) is 22.6 Å². The summed E-state index contributed by atoms with van der Waals surface area (Å²) in [6.45, 7) is 2.09. The van der Waals surface area contributed by atoms with Gasteiger partial charge in [0.1, 0.15) is 0 Å². The summed E-state index contributed by atoms with van der Waals surface area (Å²) in [7, 11) is -1.33. The molecule has 2 N–H and O–H groups in total. The van der Waals surface area contributed by atoms with Crippen LogP contribution in [0.2, 0.25) is 0 Å². The molecular formula is C9H17N3O2S. The second-order valence-electron chi connectivity index (χ2n) is 3.72. The van der Waals surface area contributed by atoms with E-state index in [0.29, 0.717) is 13.0 Å². The average Bonchev–Trinajstić information content (AvgIpc) is 2.50. The number of aryl methyl sites for hydroxylation is 1. The highest BCUT2D eigenvalue weighted by Crippen LogP contribution is 2.12. The van der Waals surface area contributed by atoms with Gasteiger partial charge in [0.05, 0.1) is 17.2 Å². The van der Waals surface area contributed by atoms with Gasteiger partial charge in [0.2, 0.25) is 0 Å². The minimum absolute atomic E-state index is 0.0437. The summed E-state index contributed by atoms with van der Waals surface area (Å²) in [6, 6.07) is 0. The van der Waals surface area contributed by atoms with Gasteiger partial charge in [-0.25, -0.2) is 8.42 Å². The molecule has 86 valence electrons. The molecule has 1 aromatic rings. The third kappa shape index (κ3) is 3.32. The molecule has 0 radical (unpaired) electrons. The summed E-state index contributed by atoms with van der Waals surface area (Å²) in [6.07, 6.45) is 3.79. The molecule has 0 aromatic carbocycles. The monoisotopic (exact) mass is 231 g/mol. The van der Waals surface area contributed by atoms with Crippen molar-refractivity contribution >= 4 is 9.84 Å². The van der Waals surface area contributed by atoms with Crippen LogP contribution in [0.3, 0.4) is 0 Å². The highest BCUT2D eigenvalue weighted by Gasteiger charge is 2.20. The summed E-state index contributed by atoms with van der Waals surface area (Å²) in [5.41, 5.74) is 6.07. The molecule has 5 nitrogen and oxygen atoms in total. The fraction of sp³-hybridized carbons (Fsp3) is 0.667. The maximum Gasteiger partial charge on any atom is 0.157 e. The predicted octanol–water partition coefficient (Wildman–Crippen LogP) is 0.0722. The van der Waals surface area contributed by atoms with Crippen LogP contribution in [0.5, 0.6) is 0 Å². The maximum atomic E-state index is 11.8. The van der Waals surface area contributed by atoms with Crippen LogP contribution in [-0.4, -0.2) is 30.0 Å². The Kier molecular flexibility index (Phi) is 3.87. The zero-order chi connectivity index (χ0) is 11.5. The Labute approximate surface area is 90.2 Å². The van der Waals surface area contributed by atoms with E-state index in [1.54, 1.807) is 31.0 Å². The lowest BCUT2D eigenvalue weighted by molar-refractivity contribution is 0.577. The van der Waals surface area contributed by atoms with E-state index in [0.717, 1.165) is 5.56 Å². The van der Waals surface area contributed by atoms with Crippen molar-refractivity contribution in [3.05, 3.63) is 18.0 Å². The van der Waals surface area contributed by atoms with Gasteiger partial charge in [-0.05, 0) is 19.9 Å². The first kappa shape index (κ1) is 12.2. The van der Waals surface area contributed by atoms with Crippen molar-refractivity contribution in [2.24, 2.45) is 12.8 Å². The van der Waals surface area contributed by atoms with Crippen molar-refractivity contribution in [1.82, 2.24) is 9.78 Å². The predicted molar refractivity (Wildman–Crippen MR) is 59.0 cm³/mol. The average molecular weight is 231 g/mol. The highest BCUT2D eigenvalue weighted by molar-refractivity contribution is 7.91. The third-order valence-electron chi connectivity index (χ3n) is 2.31. The van der Waals surface area contributed by atoms with Gasteiger partial charge in [-0.2, -0.15) is 5.10 Å². The minimum atomic E-state index is -3.10. The lowest BCUT2D eigenvalue weighted by Gasteiger charge is -2.10. The first-order valence-electron chi connectivity index (χ1n) is 4.85. The van der Waals surface area contributed by atoms with E-state index in [9.17, 15) is 8.42 Å². The fourth-order valence-electron chi connectivity index (χ4n) is 1.34. The third-order valence-corrected chi connectivity index (χ3v) is 4.51. The van der Waals surface area contributed by atoms with Gasteiger partial charge in [0.25, 0.3) is 0 Å². The molecule has 0 aliphatic carbocycles. The van der Waals surface area contributed by atoms with Crippen molar-refractivity contribution in [2.75, 3.05) is 6.54 Å². The van der Waals surface area contributed by atoms with E-state index in [1.807, 2.05) is 0 Å². The SMILES string of the molecule is CC(CCN)S(=O)(=O)Cc1cnn(C)c1. The first-order valence-corrected chi connectivity index (χ1v) is 6.56. The van der Waals surface area contributed by atoms with Crippen LogP contribution < -0.4 is 5.73 Å². The van der Waals surface area contributed by atoms with Crippen molar-refractivity contribution < 1.29 is 8.42 Å². The number of nitrogens with two attached hydrogens (primary N) is 1. The van der Waals surface area contributed by atoms with Gasteiger partial charge in [-0.3, -0.25) is 4.68 Å². The lowest BCUT2D eigenvalue weighted by atomic mass is 10.3. The molecule has 1 rings (SSSR count). The number of nitrogens with zero attached hydrogens (tertiary/aromatic N) is 2. The molecule has 1 heterocycles. The summed E-state index contributed by atoms with van der Waals surface area (Å²) in [5, 5.41) is 3.55. The Morgan fingerprint density at radius 1 is 1.60 bits per heavy atom. The summed E-state index contributed by atoms with van der Waals surface area (Å²) < 4.78 is 25.2. The molecule has 6 heteroatoms. The molecule has 0 fully saturated rings. The molecule has 15 heavy (non-hydrogen) atoms. The Morgan fingerprint density at radius 3 is 2.73 bits per heavy atom. The standard InChI is InChI=1S/C9H17N3O2S/c1-8(3-4-10)15(13,14)7-9-5-11-12(2)6-9/h5-6,8H,3-4,7,10H2,1-2H3. The van der Waals surface area contributed by atoms with Crippen LogP contribution in [0.15, 0.2) is 12.4 Å². The first-order chi connectivity index (χ1) is 6.95. The van der Waals surface area contributed by atoms with Crippen molar-refractivity contribution in [1.29, 1.82) is 0 Å². The Bertz CT molecular complexity index is 411. The largest absolute Gasteiger partial charge is 0.330 e. The number of sulfone groups is 1. The van der Waals surface area contributed by atoms with E-state index in [-0.39, 0.29) is 11.0 Å². The molecular weight excluding hydrogens is 214 g/mol.